The fourth-order valence-corrected chi connectivity index (χ4v) is 4.61. The molecule has 29 heavy (non-hydrogen) atoms. The Balaban J connectivity index is 1.40. The molecule has 1 spiro atoms. The van der Waals surface area contributed by atoms with Crippen LogP contribution in [-0.2, 0) is 17.9 Å². The highest BCUT2D eigenvalue weighted by Gasteiger charge is 2.42. The van der Waals surface area contributed by atoms with Crippen molar-refractivity contribution in [1.29, 1.82) is 0 Å². The number of hydrogen-bond acceptors (Lipinski definition) is 4. The van der Waals surface area contributed by atoms with Crippen molar-refractivity contribution in [1.82, 2.24) is 24.6 Å². The van der Waals surface area contributed by atoms with Crippen LogP contribution in [0.3, 0.4) is 0 Å². The van der Waals surface area contributed by atoms with E-state index in [1.54, 1.807) is 12.4 Å². The molecule has 7 heteroatoms. The standard InChI is InChI=1S/C22H29N5O2/c1-3-27-15-19(17(2)24-27)21(29)25-12-8-22(9-13-25)7-4-20(28)26(16-22)14-18-5-10-23-11-6-18/h5-6,10-11,15H,3-4,7-9,12-14,16H2,1-2H3. The summed E-state index contributed by atoms with van der Waals surface area (Å²) in [4.78, 5) is 33.5. The lowest BCUT2D eigenvalue weighted by atomic mass is 9.72. The third-order valence-corrected chi connectivity index (χ3v) is 6.48. The highest BCUT2D eigenvalue weighted by molar-refractivity contribution is 5.95. The van der Waals surface area contributed by atoms with Gasteiger partial charge in [0.05, 0.1) is 11.3 Å². The van der Waals surface area contributed by atoms with Crippen LogP contribution in [0.5, 0.6) is 0 Å². The molecule has 4 rings (SSSR count). The number of pyridine rings is 1. The summed E-state index contributed by atoms with van der Waals surface area (Å²) in [5.41, 5.74) is 2.74. The monoisotopic (exact) mass is 395 g/mol. The summed E-state index contributed by atoms with van der Waals surface area (Å²) in [5.74, 6) is 0.311. The molecule has 4 heterocycles. The first kappa shape index (κ1) is 19.6. The Hall–Kier alpha value is -2.70. The van der Waals surface area contributed by atoms with E-state index in [2.05, 4.69) is 10.1 Å². The van der Waals surface area contributed by atoms with Crippen LogP contribution in [0.25, 0.3) is 0 Å². The molecule has 2 aliphatic heterocycles. The van der Waals surface area contributed by atoms with Crippen LogP contribution >= 0.6 is 0 Å². The Labute approximate surface area is 171 Å². The number of nitrogens with zero attached hydrogens (tertiary/aromatic N) is 5. The van der Waals surface area contributed by atoms with Gasteiger partial charge in [-0.1, -0.05) is 0 Å². The fourth-order valence-electron chi connectivity index (χ4n) is 4.61. The number of hydrogen-bond donors (Lipinski definition) is 0. The second kappa shape index (κ2) is 7.97. The SMILES string of the molecule is CCn1cc(C(=O)N2CCC3(CCC(=O)N(Cc4ccncc4)C3)CC2)c(C)n1. The molecule has 7 nitrogen and oxygen atoms in total. The molecular weight excluding hydrogens is 366 g/mol. The van der Waals surface area contributed by atoms with Gasteiger partial charge in [-0.3, -0.25) is 19.3 Å². The van der Waals surface area contributed by atoms with Gasteiger partial charge in [0.25, 0.3) is 5.91 Å². The van der Waals surface area contributed by atoms with Gasteiger partial charge >= 0.3 is 0 Å². The number of likely N-dealkylation sites (tertiary alicyclic amines) is 2. The van der Waals surface area contributed by atoms with Gasteiger partial charge in [0, 0.05) is 57.7 Å². The largest absolute Gasteiger partial charge is 0.338 e. The van der Waals surface area contributed by atoms with E-state index >= 15 is 0 Å². The van der Waals surface area contributed by atoms with Crippen LogP contribution in [0.15, 0.2) is 30.7 Å². The van der Waals surface area contributed by atoms with Crippen molar-refractivity contribution in [2.24, 2.45) is 5.41 Å². The molecule has 2 aromatic rings. The van der Waals surface area contributed by atoms with Gasteiger partial charge in [0.1, 0.15) is 0 Å². The van der Waals surface area contributed by atoms with Crippen LogP contribution in [0.2, 0.25) is 0 Å². The van der Waals surface area contributed by atoms with Crippen molar-refractivity contribution >= 4 is 11.8 Å². The highest BCUT2D eigenvalue weighted by Crippen LogP contribution is 2.41. The number of amides is 2. The van der Waals surface area contributed by atoms with E-state index in [-0.39, 0.29) is 17.2 Å². The second-order valence-corrected chi connectivity index (χ2v) is 8.38. The first-order valence-electron chi connectivity index (χ1n) is 10.5. The fraction of sp³-hybridized carbons (Fsp3) is 0.545. The lowest BCUT2D eigenvalue weighted by molar-refractivity contribution is -0.139. The van der Waals surface area contributed by atoms with Gasteiger partial charge in [-0.15, -0.1) is 0 Å². The van der Waals surface area contributed by atoms with Crippen LogP contribution in [0, 0.1) is 12.3 Å². The van der Waals surface area contributed by atoms with Crippen LogP contribution in [0.1, 0.15) is 54.2 Å². The zero-order chi connectivity index (χ0) is 20.4. The Bertz CT molecular complexity index is 884. The molecule has 0 atom stereocenters. The molecule has 2 fully saturated rings. The van der Waals surface area contributed by atoms with E-state index in [1.807, 2.05) is 46.7 Å². The van der Waals surface area contributed by atoms with Gasteiger partial charge in [0.15, 0.2) is 0 Å². The summed E-state index contributed by atoms with van der Waals surface area (Å²) in [7, 11) is 0. The zero-order valence-electron chi connectivity index (χ0n) is 17.3. The van der Waals surface area contributed by atoms with Crippen molar-refractivity contribution in [3.05, 3.63) is 47.5 Å². The van der Waals surface area contributed by atoms with E-state index < -0.39 is 0 Å². The molecule has 0 saturated carbocycles. The molecule has 0 aliphatic carbocycles. The van der Waals surface area contributed by atoms with Crippen molar-refractivity contribution in [3.63, 3.8) is 0 Å². The molecule has 2 amide bonds. The van der Waals surface area contributed by atoms with Gasteiger partial charge in [-0.05, 0) is 56.2 Å². The molecule has 0 radical (unpaired) electrons. The quantitative estimate of drug-likeness (QED) is 0.798. The summed E-state index contributed by atoms with van der Waals surface area (Å²) in [6, 6.07) is 3.93. The average molecular weight is 396 g/mol. The first-order chi connectivity index (χ1) is 14.0. The molecular formula is C22H29N5O2. The number of carbonyl (C=O) groups is 2. The van der Waals surface area contributed by atoms with Crippen molar-refractivity contribution in [2.75, 3.05) is 19.6 Å². The minimum absolute atomic E-state index is 0.0811. The number of aromatic nitrogens is 3. The van der Waals surface area contributed by atoms with Gasteiger partial charge in [0.2, 0.25) is 5.91 Å². The maximum Gasteiger partial charge on any atom is 0.257 e. The van der Waals surface area contributed by atoms with Crippen LogP contribution in [-0.4, -0.2) is 56.0 Å². The molecule has 0 aromatic carbocycles. The highest BCUT2D eigenvalue weighted by atomic mass is 16.2. The van der Waals surface area contributed by atoms with E-state index in [1.165, 1.54) is 0 Å². The average Bonchev–Trinajstić information content (AvgIpc) is 3.12. The number of aryl methyl sites for hydroxylation is 2. The maximum atomic E-state index is 13.0. The van der Waals surface area contributed by atoms with Crippen LogP contribution in [0.4, 0.5) is 0 Å². The van der Waals surface area contributed by atoms with E-state index in [9.17, 15) is 9.59 Å². The molecule has 0 unspecified atom stereocenters. The Morgan fingerprint density at radius 1 is 1.17 bits per heavy atom. The van der Waals surface area contributed by atoms with E-state index in [0.717, 1.165) is 56.7 Å². The van der Waals surface area contributed by atoms with Gasteiger partial charge < -0.3 is 9.80 Å². The molecule has 154 valence electrons. The summed E-state index contributed by atoms with van der Waals surface area (Å²) in [6.45, 7) is 7.59. The summed E-state index contributed by atoms with van der Waals surface area (Å²) >= 11 is 0. The van der Waals surface area contributed by atoms with Crippen molar-refractivity contribution in [2.45, 2.75) is 52.6 Å². The predicted octanol–water partition coefficient (Wildman–Crippen LogP) is 2.65. The van der Waals surface area contributed by atoms with E-state index in [0.29, 0.717) is 18.5 Å². The summed E-state index contributed by atoms with van der Waals surface area (Å²) in [5, 5.41) is 4.41. The Morgan fingerprint density at radius 2 is 1.90 bits per heavy atom. The molecule has 2 aromatic heterocycles. The lowest BCUT2D eigenvalue weighted by Crippen LogP contribution is -2.52. The number of piperidine rings is 2. The summed E-state index contributed by atoms with van der Waals surface area (Å²) in [6.07, 6.45) is 8.81. The second-order valence-electron chi connectivity index (χ2n) is 8.38. The van der Waals surface area contributed by atoms with Crippen LogP contribution < -0.4 is 0 Å². The smallest absolute Gasteiger partial charge is 0.257 e. The molecule has 2 saturated heterocycles. The van der Waals surface area contributed by atoms with Gasteiger partial charge in [-0.2, -0.15) is 5.10 Å². The van der Waals surface area contributed by atoms with Gasteiger partial charge in [-0.25, -0.2) is 0 Å². The third-order valence-electron chi connectivity index (χ3n) is 6.48. The predicted molar refractivity (Wildman–Crippen MR) is 109 cm³/mol. The zero-order valence-corrected chi connectivity index (χ0v) is 17.3. The minimum atomic E-state index is 0.0811. The number of carbonyl (C=O) groups excluding carboxylic acids is 2. The molecule has 2 aliphatic rings. The maximum absolute atomic E-state index is 13.0. The summed E-state index contributed by atoms with van der Waals surface area (Å²) < 4.78 is 1.82. The molecule has 0 bridgehead atoms. The lowest BCUT2D eigenvalue weighted by Gasteiger charge is -2.47. The van der Waals surface area contributed by atoms with E-state index in [4.69, 9.17) is 0 Å². The topological polar surface area (TPSA) is 71.3 Å². The van der Waals surface area contributed by atoms with Crippen molar-refractivity contribution < 1.29 is 9.59 Å². The molecule has 0 N–H and O–H groups in total. The third kappa shape index (κ3) is 4.04. The van der Waals surface area contributed by atoms with Crippen molar-refractivity contribution in [3.8, 4) is 0 Å². The minimum Gasteiger partial charge on any atom is -0.338 e. The number of rotatable bonds is 4. The normalized spacial score (nSPS) is 19.0. The Morgan fingerprint density at radius 3 is 2.55 bits per heavy atom. The Kier molecular flexibility index (Phi) is 5.39. The first-order valence-corrected chi connectivity index (χ1v) is 10.5.